The van der Waals surface area contributed by atoms with Crippen molar-refractivity contribution in [1.29, 1.82) is 5.26 Å². The van der Waals surface area contributed by atoms with Gasteiger partial charge in [0, 0.05) is 11.7 Å². The second kappa shape index (κ2) is 7.47. The number of hydrogen-bond donors (Lipinski definition) is 2. The Hall–Kier alpha value is -2.78. The van der Waals surface area contributed by atoms with E-state index in [1.54, 1.807) is 31.2 Å². The lowest BCUT2D eigenvalue weighted by Gasteiger charge is -2.14. The SMILES string of the molecule is C[C@@H](NCC(=O)Nc1ccc(C#N)cc1)c1ccc(F)c(F)c1. The van der Waals surface area contributed by atoms with E-state index in [1.807, 2.05) is 6.07 Å². The molecule has 0 saturated carbocycles. The van der Waals surface area contributed by atoms with E-state index in [1.165, 1.54) is 6.07 Å². The molecule has 118 valence electrons. The number of benzene rings is 2. The largest absolute Gasteiger partial charge is 0.325 e. The Morgan fingerprint density at radius 3 is 2.48 bits per heavy atom. The van der Waals surface area contributed by atoms with Crippen LogP contribution in [0.25, 0.3) is 0 Å². The maximum Gasteiger partial charge on any atom is 0.238 e. The number of carbonyl (C=O) groups is 1. The molecule has 0 heterocycles. The molecular formula is C17H15F2N3O. The zero-order chi connectivity index (χ0) is 16.8. The minimum absolute atomic E-state index is 0.0141. The third-order valence-electron chi connectivity index (χ3n) is 3.31. The molecule has 0 aromatic heterocycles. The molecule has 0 bridgehead atoms. The predicted octanol–water partition coefficient (Wildman–Crippen LogP) is 3.13. The van der Waals surface area contributed by atoms with Gasteiger partial charge in [0.1, 0.15) is 0 Å². The van der Waals surface area contributed by atoms with E-state index in [0.717, 1.165) is 12.1 Å². The molecule has 1 atom stereocenters. The van der Waals surface area contributed by atoms with Crippen LogP contribution in [-0.2, 0) is 4.79 Å². The second-order valence-electron chi connectivity index (χ2n) is 5.01. The highest BCUT2D eigenvalue weighted by Gasteiger charge is 2.10. The molecule has 0 fully saturated rings. The number of nitrogens with one attached hydrogen (secondary N) is 2. The number of carbonyl (C=O) groups excluding carboxylic acids is 1. The predicted molar refractivity (Wildman–Crippen MR) is 82.6 cm³/mol. The first-order valence-corrected chi connectivity index (χ1v) is 6.98. The Morgan fingerprint density at radius 1 is 1.17 bits per heavy atom. The Kier molecular flexibility index (Phi) is 5.39. The van der Waals surface area contributed by atoms with Crippen molar-refractivity contribution in [1.82, 2.24) is 5.32 Å². The van der Waals surface area contributed by atoms with E-state index in [4.69, 9.17) is 5.26 Å². The molecule has 4 nitrogen and oxygen atoms in total. The smallest absolute Gasteiger partial charge is 0.238 e. The lowest BCUT2D eigenvalue weighted by Crippen LogP contribution is -2.30. The van der Waals surface area contributed by atoms with Crippen LogP contribution in [0.3, 0.4) is 0 Å². The van der Waals surface area contributed by atoms with E-state index < -0.39 is 11.6 Å². The normalized spacial score (nSPS) is 11.6. The molecule has 2 rings (SSSR count). The van der Waals surface area contributed by atoms with Crippen molar-refractivity contribution in [2.75, 3.05) is 11.9 Å². The summed E-state index contributed by atoms with van der Waals surface area (Å²) in [5, 5.41) is 14.3. The number of nitriles is 1. The van der Waals surface area contributed by atoms with E-state index in [2.05, 4.69) is 10.6 Å². The number of hydrogen-bond acceptors (Lipinski definition) is 3. The summed E-state index contributed by atoms with van der Waals surface area (Å²) < 4.78 is 26.1. The Labute approximate surface area is 132 Å². The van der Waals surface area contributed by atoms with Crippen LogP contribution in [0.15, 0.2) is 42.5 Å². The van der Waals surface area contributed by atoms with Crippen molar-refractivity contribution in [2.45, 2.75) is 13.0 Å². The summed E-state index contributed by atoms with van der Waals surface area (Å²) >= 11 is 0. The molecule has 1 amide bonds. The first kappa shape index (κ1) is 16.6. The summed E-state index contributed by atoms with van der Waals surface area (Å²) in [6, 6.07) is 11.8. The van der Waals surface area contributed by atoms with E-state index in [-0.39, 0.29) is 18.5 Å². The molecule has 0 aliphatic rings. The fourth-order valence-corrected chi connectivity index (χ4v) is 1.98. The van der Waals surface area contributed by atoms with Gasteiger partial charge in [-0.05, 0) is 48.9 Å². The van der Waals surface area contributed by atoms with Gasteiger partial charge in [-0.25, -0.2) is 8.78 Å². The zero-order valence-electron chi connectivity index (χ0n) is 12.4. The zero-order valence-corrected chi connectivity index (χ0v) is 12.4. The first-order valence-electron chi connectivity index (χ1n) is 6.98. The van der Waals surface area contributed by atoms with Gasteiger partial charge in [0.25, 0.3) is 0 Å². The van der Waals surface area contributed by atoms with Crippen LogP contribution in [0.1, 0.15) is 24.1 Å². The fraction of sp³-hybridized carbons (Fsp3) is 0.176. The minimum Gasteiger partial charge on any atom is -0.325 e. The highest BCUT2D eigenvalue weighted by molar-refractivity contribution is 5.92. The summed E-state index contributed by atoms with van der Waals surface area (Å²) in [6.07, 6.45) is 0. The quantitative estimate of drug-likeness (QED) is 0.891. The average Bonchev–Trinajstić information content (AvgIpc) is 2.56. The summed E-state index contributed by atoms with van der Waals surface area (Å²) in [5.41, 5.74) is 1.64. The van der Waals surface area contributed by atoms with Crippen LogP contribution in [0.5, 0.6) is 0 Å². The summed E-state index contributed by atoms with van der Waals surface area (Å²) in [6.45, 7) is 1.77. The number of amides is 1. The van der Waals surface area contributed by atoms with Gasteiger partial charge in [0.2, 0.25) is 5.91 Å². The van der Waals surface area contributed by atoms with Crippen molar-refractivity contribution in [3.05, 3.63) is 65.2 Å². The highest BCUT2D eigenvalue weighted by atomic mass is 19.2. The first-order chi connectivity index (χ1) is 11.0. The molecule has 0 radical (unpaired) electrons. The van der Waals surface area contributed by atoms with Crippen molar-refractivity contribution in [2.24, 2.45) is 0 Å². The molecule has 2 aromatic rings. The van der Waals surface area contributed by atoms with E-state index in [9.17, 15) is 13.6 Å². The summed E-state index contributed by atoms with van der Waals surface area (Å²) in [4.78, 5) is 11.9. The minimum atomic E-state index is -0.918. The third kappa shape index (κ3) is 4.59. The molecule has 6 heteroatoms. The van der Waals surface area contributed by atoms with Gasteiger partial charge in [0.15, 0.2) is 11.6 Å². The molecule has 2 aromatic carbocycles. The van der Waals surface area contributed by atoms with Gasteiger partial charge in [-0.3, -0.25) is 4.79 Å². The van der Waals surface area contributed by atoms with Crippen molar-refractivity contribution >= 4 is 11.6 Å². The Bertz CT molecular complexity index is 738. The molecule has 23 heavy (non-hydrogen) atoms. The lowest BCUT2D eigenvalue weighted by molar-refractivity contribution is -0.115. The number of nitrogens with zero attached hydrogens (tertiary/aromatic N) is 1. The van der Waals surface area contributed by atoms with Gasteiger partial charge in [-0.2, -0.15) is 5.26 Å². The Morgan fingerprint density at radius 2 is 1.87 bits per heavy atom. The molecule has 0 spiro atoms. The van der Waals surface area contributed by atoms with E-state index in [0.29, 0.717) is 16.8 Å². The third-order valence-corrected chi connectivity index (χ3v) is 3.31. The highest BCUT2D eigenvalue weighted by Crippen LogP contribution is 2.15. The topological polar surface area (TPSA) is 64.9 Å². The van der Waals surface area contributed by atoms with Crippen LogP contribution in [0.2, 0.25) is 0 Å². The second-order valence-corrected chi connectivity index (χ2v) is 5.01. The van der Waals surface area contributed by atoms with Crippen LogP contribution in [-0.4, -0.2) is 12.5 Å². The van der Waals surface area contributed by atoms with Crippen LogP contribution < -0.4 is 10.6 Å². The van der Waals surface area contributed by atoms with Gasteiger partial charge in [0.05, 0.1) is 18.2 Å². The molecular weight excluding hydrogens is 300 g/mol. The van der Waals surface area contributed by atoms with Crippen LogP contribution in [0, 0.1) is 23.0 Å². The van der Waals surface area contributed by atoms with Gasteiger partial charge < -0.3 is 10.6 Å². The molecule has 0 unspecified atom stereocenters. The van der Waals surface area contributed by atoms with Gasteiger partial charge in [-0.1, -0.05) is 6.07 Å². The molecule has 0 saturated heterocycles. The van der Waals surface area contributed by atoms with Crippen LogP contribution >= 0.6 is 0 Å². The van der Waals surface area contributed by atoms with Crippen LogP contribution in [0.4, 0.5) is 14.5 Å². The van der Waals surface area contributed by atoms with Gasteiger partial charge >= 0.3 is 0 Å². The van der Waals surface area contributed by atoms with Crippen molar-refractivity contribution in [3.63, 3.8) is 0 Å². The standard InChI is InChI=1S/C17H15F2N3O/c1-11(13-4-7-15(18)16(19)8-13)21-10-17(23)22-14-5-2-12(9-20)3-6-14/h2-8,11,21H,10H2,1H3,(H,22,23)/t11-/m1/s1. The Balaban J connectivity index is 1.87. The van der Waals surface area contributed by atoms with E-state index >= 15 is 0 Å². The van der Waals surface area contributed by atoms with Crippen molar-refractivity contribution < 1.29 is 13.6 Å². The maximum atomic E-state index is 13.2. The summed E-state index contributed by atoms with van der Waals surface area (Å²) in [5.74, 6) is -2.10. The van der Waals surface area contributed by atoms with Crippen molar-refractivity contribution in [3.8, 4) is 6.07 Å². The molecule has 0 aliphatic heterocycles. The number of rotatable bonds is 5. The molecule has 2 N–H and O–H groups in total. The van der Waals surface area contributed by atoms with Gasteiger partial charge in [-0.15, -0.1) is 0 Å². The fourth-order valence-electron chi connectivity index (χ4n) is 1.98. The molecule has 0 aliphatic carbocycles. The number of anilines is 1. The summed E-state index contributed by atoms with van der Waals surface area (Å²) in [7, 11) is 0. The lowest BCUT2D eigenvalue weighted by atomic mass is 10.1. The maximum absolute atomic E-state index is 13.2. The number of halogens is 2. The average molecular weight is 315 g/mol. The monoisotopic (exact) mass is 315 g/mol.